The van der Waals surface area contributed by atoms with E-state index in [2.05, 4.69) is 10.2 Å². The highest BCUT2D eigenvalue weighted by molar-refractivity contribution is 6.31. The van der Waals surface area contributed by atoms with Crippen molar-refractivity contribution in [2.24, 2.45) is 0 Å². The minimum Gasteiger partial charge on any atom is -0.382 e. The number of ether oxygens (including phenoxy) is 1. The number of anilines is 1. The molecule has 0 fully saturated rings. The molecule has 0 radical (unpaired) electrons. The van der Waals surface area contributed by atoms with Crippen molar-refractivity contribution in [2.75, 3.05) is 12.8 Å². The maximum atomic E-state index is 14.1. The number of benzene rings is 1. The van der Waals surface area contributed by atoms with Crippen LogP contribution < -0.4 is 5.73 Å². The van der Waals surface area contributed by atoms with Gasteiger partial charge in [-0.05, 0) is 12.1 Å². The summed E-state index contributed by atoms with van der Waals surface area (Å²) in [6.45, 7) is 0.156. The Labute approximate surface area is 103 Å². The summed E-state index contributed by atoms with van der Waals surface area (Å²) in [6, 6.07) is 4.60. The Hall–Kier alpha value is -1.59. The Morgan fingerprint density at radius 3 is 2.82 bits per heavy atom. The van der Waals surface area contributed by atoms with Gasteiger partial charge >= 0.3 is 0 Å². The molecule has 2 rings (SSSR count). The number of methoxy groups -OCH3 is 1. The average Bonchev–Trinajstić information content (AvgIpc) is 2.70. The monoisotopic (exact) mass is 255 g/mol. The fourth-order valence-corrected chi connectivity index (χ4v) is 1.82. The molecule has 0 saturated carbocycles. The predicted molar refractivity (Wildman–Crippen MR) is 64.1 cm³/mol. The van der Waals surface area contributed by atoms with E-state index in [1.807, 2.05) is 0 Å². The van der Waals surface area contributed by atoms with E-state index in [-0.39, 0.29) is 12.4 Å². The summed E-state index contributed by atoms with van der Waals surface area (Å²) in [5.74, 6) is -0.0902. The molecule has 0 bridgehead atoms. The predicted octanol–water partition coefficient (Wildman–Crippen LogP) is 2.60. The number of nitrogens with one attached hydrogen (secondary N) is 1. The van der Waals surface area contributed by atoms with E-state index < -0.39 is 0 Å². The maximum Gasteiger partial charge on any atom is 0.145 e. The number of nitrogens with zero attached hydrogens (tertiary/aromatic N) is 1. The lowest BCUT2D eigenvalue weighted by molar-refractivity contribution is 0.181. The number of nitrogens with two attached hydrogens (primary N) is 1. The second-order valence-corrected chi connectivity index (χ2v) is 4.00. The molecule has 6 heteroatoms. The van der Waals surface area contributed by atoms with Gasteiger partial charge in [0.2, 0.25) is 0 Å². The van der Waals surface area contributed by atoms with Crippen molar-refractivity contribution in [3.63, 3.8) is 0 Å². The van der Waals surface area contributed by atoms with E-state index in [1.54, 1.807) is 6.07 Å². The Kier molecular flexibility index (Phi) is 3.31. The van der Waals surface area contributed by atoms with E-state index in [4.69, 9.17) is 22.1 Å². The molecular formula is C11H11ClFN3O. The minimum atomic E-state index is -0.389. The average molecular weight is 256 g/mol. The van der Waals surface area contributed by atoms with Gasteiger partial charge in [-0.2, -0.15) is 5.10 Å². The van der Waals surface area contributed by atoms with Gasteiger partial charge in [-0.15, -0.1) is 0 Å². The first-order chi connectivity index (χ1) is 8.11. The lowest BCUT2D eigenvalue weighted by Gasteiger charge is -2.07. The molecule has 0 atom stereocenters. The fourth-order valence-electron chi connectivity index (χ4n) is 1.58. The van der Waals surface area contributed by atoms with E-state index in [0.717, 1.165) is 0 Å². The van der Waals surface area contributed by atoms with Crippen LogP contribution >= 0.6 is 11.6 Å². The highest BCUT2D eigenvalue weighted by Gasteiger charge is 2.13. The standard InChI is InChI=1S/C11H11ClFN3O/c1-17-5-6-2-7(12)3-8(11(6)13)9-4-10(14)16-15-9/h2-4H,5H2,1H3,(H3,14,15,16). The van der Waals surface area contributed by atoms with Gasteiger partial charge in [0.25, 0.3) is 0 Å². The molecule has 4 nitrogen and oxygen atoms in total. The number of aromatic nitrogens is 2. The number of rotatable bonds is 3. The first kappa shape index (κ1) is 11.9. The summed E-state index contributed by atoms with van der Waals surface area (Å²) >= 11 is 5.93. The molecule has 0 aliphatic carbocycles. The van der Waals surface area contributed by atoms with Crippen LogP contribution in [0, 0.1) is 5.82 Å². The molecule has 0 amide bonds. The van der Waals surface area contributed by atoms with Crippen LogP contribution in [0.3, 0.4) is 0 Å². The van der Waals surface area contributed by atoms with Crippen molar-refractivity contribution in [3.8, 4) is 11.3 Å². The van der Waals surface area contributed by atoms with Crippen molar-refractivity contribution in [1.82, 2.24) is 10.2 Å². The number of halogens is 2. The summed E-state index contributed by atoms with van der Waals surface area (Å²) < 4.78 is 19.0. The zero-order chi connectivity index (χ0) is 12.4. The Morgan fingerprint density at radius 1 is 1.47 bits per heavy atom. The second-order valence-electron chi connectivity index (χ2n) is 3.57. The third-order valence-electron chi connectivity index (χ3n) is 2.30. The third-order valence-corrected chi connectivity index (χ3v) is 2.52. The molecule has 2 aromatic rings. The number of hydrogen-bond donors (Lipinski definition) is 2. The molecule has 1 aromatic heterocycles. The van der Waals surface area contributed by atoms with E-state index >= 15 is 0 Å². The first-order valence-electron chi connectivity index (χ1n) is 4.90. The normalized spacial score (nSPS) is 10.8. The summed E-state index contributed by atoms with van der Waals surface area (Å²) in [5, 5.41) is 6.83. The minimum absolute atomic E-state index is 0.156. The zero-order valence-electron chi connectivity index (χ0n) is 9.13. The van der Waals surface area contributed by atoms with Crippen LogP contribution in [0.4, 0.5) is 10.2 Å². The molecule has 0 aliphatic heterocycles. The lowest BCUT2D eigenvalue weighted by atomic mass is 10.1. The zero-order valence-corrected chi connectivity index (χ0v) is 9.88. The van der Waals surface area contributed by atoms with Crippen LogP contribution in [-0.4, -0.2) is 17.3 Å². The smallest absolute Gasteiger partial charge is 0.145 e. The van der Waals surface area contributed by atoms with E-state index in [0.29, 0.717) is 27.7 Å². The Bertz CT molecular complexity index is 542. The molecule has 0 spiro atoms. The van der Waals surface area contributed by atoms with Gasteiger partial charge in [-0.25, -0.2) is 4.39 Å². The van der Waals surface area contributed by atoms with Crippen molar-refractivity contribution >= 4 is 17.4 Å². The number of H-pyrrole nitrogens is 1. The molecule has 0 aliphatic rings. The van der Waals surface area contributed by atoms with E-state index in [1.165, 1.54) is 19.2 Å². The van der Waals surface area contributed by atoms with Crippen molar-refractivity contribution in [1.29, 1.82) is 0 Å². The lowest BCUT2D eigenvalue weighted by Crippen LogP contribution is -1.96. The molecule has 0 saturated heterocycles. The third kappa shape index (κ3) is 2.40. The molecule has 90 valence electrons. The molecule has 1 aromatic carbocycles. The molecule has 0 unspecified atom stereocenters. The number of nitrogen functional groups attached to an aromatic ring is 1. The van der Waals surface area contributed by atoms with Gasteiger partial charge < -0.3 is 10.5 Å². The van der Waals surface area contributed by atoms with Crippen LogP contribution in [0.5, 0.6) is 0 Å². The summed E-state index contributed by atoms with van der Waals surface area (Å²) in [5.41, 5.74) is 6.68. The van der Waals surface area contributed by atoms with Gasteiger partial charge in [0.05, 0.1) is 12.3 Å². The van der Waals surface area contributed by atoms with Crippen LogP contribution in [-0.2, 0) is 11.3 Å². The second kappa shape index (κ2) is 4.73. The topological polar surface area (TPSA) is 63.9 Å². The number of aromatic amines is 1. The van der Waals surface area contributed by atoms with Gasteiger partial charge in [0.1, 0.15) is 11.6 Å². The Morgan fingerprint density at radius 2 is 2.24 bits per heavy atom. The summed E-state index contributed by atoms with van der Waals surface area (Å²) in [6.07, 6.45) is 0. The quantitative estimate of drug-likeness (QED) is 0.886. The van der Waals surface area contributed by atoms with Crippen molar-refractivity contribution in [2.45, 2.75) is 6.61 Å². The van der Waals surface area contributed by atoms with Crippen LogP contribution in [0.1, 0.15) is 5.56 Å². The summed E-state index contributed by atoms with van der Waals surface area (Å²) in [7, 11) is 1.49. The largest absolute Gasteiger partial charge is 0.382 e. The van der Waals surface area contributed by atoms with Crippen molar-refractivity contribution in [3.05, 3.63) is 34.6 Å². The maximum absolute atomic E-state index is 14.1. The van der Waals surface area contributed by atoms with Gasteiger partial charge in [0.15, 0.2) is 0 Å². The van der Waals surface area contributed by atoms with Crippen LogP contribution in [0.15, 0.2) is 18.2 Å². The van der Waals surface area contributed by atoms with Gasteiger partial charge in [0, 0.05) is 29.3 Å². The Balaban J connectivity index is 2.53. The van der Waals surface area contributed by atoms with Gasteiger partial charge in [-0.1, -0.05) is 11.6 Å². The SMILES string of the molecule is COCc1cc(Cl)cc(-c2cc(N)n[nH]2)c1F. The first-order valence-corrected chi connectivity index (χ1v) is 5.27. The summed E-state index contributed by atoms with van der Waals surface area (Å²) in [4.78, 5) is 0. The van der Waals surface area contributed by atoms with Crippen molar-refractivity contribution < 1.29 is 9.13 Å². The number of hydrogen-bond acceptors (Lipinski definition) is 3. The van der Waals surface area contributed by atoms with Crippen LogP contribution in [0.25, 0.3) is 11.3 Å². The highest BCUT2D eigenvalue weighted by Crippen LogP contribution is 2.28. The highest BCUT2D eigenvalue weighted by atomic mass is 35.5. The molecular weight excluding hydrogens is 245 g/mol. The molecule has 3 N–H and O–H groups in total. The van der Waals surface area contributed by atoms with Crippen LogP contribution in [0.2, 0.25) is 5.02 Å². The molecule has 17 heavy (non-hydrogen) atoms. The van der Waals surface area contributed by atoms with E-state index in [9.17, 15) is 4.39 Å². The molecule has 1 heterocycles. The fraction of sp³-hybridized carbons (Fsp3) is 0.182. The van der Waals surface area contributed by atoms with Gasteiger partial charge in [-0.3, -0.25) is 5.10 Å².